The van der Waals surface area contributed by atoms with Crippen molar-refractivity contribution >= 4 is 32.4 Å². The number of hydrogen-bond acceptors (Lipinski definition) is 7. The summed E-state index contributed by atoms with van der Waals surface area (Å²) in [5.74, 6) is 0.153. The molecule has 4 rings (SSSR count). The molecule has 0 radical (unpaired) electrons. The van der Waals surface area contributed by atoms with E-state index in [9.17, 15) is 13.2 Å². The molecule has 2 aromatic carbocycles. The zero-order valence-corrected chi connectivity index (χ0v) is 19.5. The number of rotatable bonds is 6. The van der Waals surface area contributed by atoms with Gasteiger partial charge >= 0.3 is 0 Å². The molecule has 1 aliphatic rings. The van der Waals surface area contributed by atoms with Crippen molar-refractivity contribution in [3.05, 3.63) is 59.5 Å². The van der Waals surface area contributed by atoms with Gasteiger partial charge in [0.05, 0.1) is 29.3 Å². The van der Waals surface area contributed by atoms with E-state index >= 15 is 0 Å². The molecule has 1 amide bonds. The largest absolute Gasteiger partial charge is 0.497 e. The van der Waals surface area contributed by atoms with Crippen LogP contribution >= 0.6 is 11.3 Å². The average molecular weight is 483 g/mol. The number of sulfonamides is 1. The lowest BCUT2D eigenvalue weighted by Gasteiger charge is -2.30. The SMILES string of the molecule is COc1ccc(S(=O)(=O)N2CCC(C(=O)Nc3nc(-c4ccc(C#N)cc4)cs3)CC2)cc1. The lowest BCUT2D eigenvalue weighted by atomic mass is 9.97. The summed E-state index contributed by atoms with van der Waals surface area (Å²) in [4.78, 5) is 17.4. The highest BCUT2D eigenvalue weighted by atomic mass is 32.2. The second-order valence-electron chi connectivity index (χ2n) is 7.57. The maximum Gasteiger partial charge on any atom is 0.243 e. The summed E-state index contributed by atoms with van der Waals surface area (Å²) in [6.07, 6.45) is 0.879. The Kier molecular flexibility index (Phi) is 6.74. The van der Waals surface area contributed by atoms with Crippen molar-refractivity contribution in [2.45, 2.75) is 17.7 Å². The number of nitriles is 1. The van der Waals surface area contributed by atoms with Crippen LogP contribution in [0.25, 0.3) is 11.3 Å². The minimum absolute atomic E-state index is 0.155. The summed E-state index contributed by atoms with van der Waals surface area (Å²) < 4.78 is 32.3. The van der Waals surface area contributed by atoms with Crippen molar-refractivity contribution < 1.29 is 17.9 Å². The van der Waals surface area contributed by atoms with E-state index in [1.165, 1.54) is 34.9 Å². The third-order valence-corrected chi connectivity index (χ3v) is 8.24. The Morgan fingerprint density at radius 1 is 1.15 bits per heavy atom. The highest BCUT2D eigenvalue weighted by Gasteiger charge is 2.32. The molecule has 33 heavy (non-hydrogen) atoms. The predicted octanol–water partition coefficient (Wildman–Crippen LogP) is 3.73. The number of nitrogens with one attached hydrogen (secondary N) is 1. The summed E-state index contributed by atoms with van der Waals surface area (Å²) in [6, 6.07) is 15.5. The van der Waals surface area contributed by atoms with E-state index in [2.05, 4.69) is 16.4 Å². The smallest absolute Gasteiger partial charge is 0.243 e. The van der Waals surface area contributed by atoms with Crippen molar-refractivity contribution in [1.82, 2.24) is 9.29 Å². The van der Waals surface area contributed by atoms with Gasteiger partial charge in [-0.25, -0.2) is 13.4 Å². The van der Waals surface area contributed by atoms with Gasteiger partial charge in [-0.05, 0) is 49.2 Å². The first-order valence-corrected chi connectivity index (χ1v) is 12.6. The molecule has 0 unspecified atom stereocenters. The van der Waals surface area contributed by atoms with E-state index in [0.717, 1.165) is 11.3 Å². The van der Waals surface area contributed by atoms with Crippen molar-refractivity contribution in [3.63, 3.8) is 0 Å². The van der Waals surface area contributed by atoms with Crippen LogP contribution in [0, 0.1) is 17.2 Å². The van der Waals surface area contributed by atoms with Gasteiger partial charge in [0.15, 0.2) is 5.13 Å². The number of piperidine rings is 1. The van der Waals surface area contributed by atoms with E-state index in [1.807, 2.05) is 17.5 Å². The molecule has 1 aliphatic heterocycles. The van der Waals surface area contributed by atoms with Crippen LogP contribution in [0.3, 0.4) is 0 Å². The van der Waals surface area contributed by atoms with Crippen LogP contribution < -0.4 is 10.1 Å². The highest BCUT2D eigenvalue weighted by Crippen LogP contribution is 2.28. The van der Waals surface area contributed by atoms with E-state index < -0.39 is 10.0 Å². The standard InChI is InChI=1S/C23H22N4O4S2/c1-31-19-6-8-20(9-7-19)33(29,30)27-12-10-18(11-13-27)22(28)26-23-25-21(15-32-23)17-4-2-16(14-24)3-5-17/h2-9,15,18H,10-13H2,1H3,(H,25,26,28). The maximum absolute atomic E-state index is 12.9. The van der Waals surface area contributed by atoms with Crippen LogP contribution in [0.2, 0.25) is 0 Å². The molecule has 170 valence electrons. The Morgan fingerprint density at radius 2 is 1.82 bits per heavy atom. The minimum Gasteiger partial charge on any atom is -0.497 e. The molecule has 3 aromatic rings. The fraction of sp³-hybridized carbons (Fsp3) is 0.261. The first-order valence-electron chi connectivity index (χ1n) is 10.3. The van der Waals surface area contributed by atoms with Gasteiger partial charge in [-0.1, -0.05) is 12.1 Å². The zero-order chi connectivity index (χ0) is 23.4. The molecule has 1 saturated heterocycles. The van der Waals surface area contributed by atoms with Crippen LogP contribution in [0.5, 0.6) is 5.75 Å². The van der Waals surface area contributed by atoms with E-state index in [0.29, 0.717) is 29.3 Å². The molecule has 0 atom stereocenters. The van der Waals surface area contributed by atoms with Crippen molar-refractivity contribution in [3.8, 4) is 23.1 Å². The Morgan fingerprint density at radius 3 is 2.42 bits per heavy atom. The topological polar surface area (TPSA) is 112 Å². The molecule has 1 N–H and O–H groups in total. The van der Waals surface area contributed by atoms with Crippen LogP contribution in [0.15, 0.2) is 58.8 Å². The lowest BCUT2D eigenvalue weighted by Crippen LogP contribution is -2.41. The van der Waals surface area contributed by atoms with E-state index in [-0.39, 0.29) is 29.8 Å². The summed E-state index contributed by atoms with van der Waals surface area (Å²) in [7, 11) is -2.09. The number of thiazole rings is 1. The zero-order valence-electron chi connectivity index (χ0n) is 17.9. The van der Waals surface area contributed by atoms with Gasteiger partial charge in [0.2, 0.25) is 15.9 Å². The molecular formula is C23H22N4O4S2. The number of aromatic nitrogens is 1. The molecule has 1 fully saturated rings. The lowest BCUT2D eigenvalue weighted by molar-refractivity contribution is -0.120. The third kappa shape index (κ3) is 5.06. The summed E-state index contributed by atoms with van der Waals surface area (Å²) >= 11 is 1.33. The molecule has 0 bridgehead atoms. The van der Waals surface area contributed by atoms with Crippen molar-refractivity contribution in [2.24, 2.45) is 5.92 Å². The molecule has 1 aromatic heterocycles. The van der Waals surface area contributed by atoms with E-state index in [1.54, 1.807) is 24.3 Å². The number of amides is 1. The summed E-state index contributed by atoms with van der Waals surface area (Å²) in [5, 5.41) is 14.1. The van der Waals surface area contributed by atoms with Gasteiger partial charge in [0.25, 0.3) is 0 Å². The predicted molar refractivity (Wildman–Crippen MR) is 125 cm³/mol. The number of anilines is 1. The van der Waals surface area contributed by atoms with Crippen LogP contribution in [-0.4, -0.2) is 43.8 Å². The second-order valence-corrected chi connectivity index (χ2v) is 10.4. The van der Waals surface area contributed by atoms with Crippen molar-refractivity contribution in [2.75, 3.05) is 25.5 Å². The van der Waals surface area contributed by atoms with Crippen molar-refractivity contribution in [1.29, 1.82) is 5.26 Å². The fourth-order valence-electron chi connectivity index (χ4n) is 3.64. The molecule has 0 aliphatic carbocycles. The molecule has 2 heterocycles. The van der Waals surface area contributed by atoms with Gasteiger partial charge in [-0.2, -0.15) is 9.57 Å². The molecule has 0 spiro atoms. The maximum atomic E-state index is 12.9. The minimum atomic E-state index is -3.61. The summed E-state index contributed by atoms with van der Waals surface area (Å²) in [6.45, 7) is 0.557. The summed E-state index contributed by atoms with van der Waals surface area (Å²) in [5.41, 5.74) is 2.16. The highest BCUT2D eigenvalue weighted by molar-refractivity contribution is 7.89. The number of carbonyl (C=O) groups excluding carboxylic acids is 1. The van der Waals surface area contributed by atoms with Crippen LogP contribution in [0.4, 0.5) is 5.13 Å². The second kappa shape index (κ2) is 9.70. The number of methoxy groups -OCH3 is 1. The first-order chi connectivity index (χ1) is 15.9. The van der Waals surface area contributed by atoms with E-state index in [4.69, 9.17) is 10.00 Å². The van der Waals surface area contributed by atoms with Gasteiger partial charge in [0, 0.05) is 30.0 Å². The quantitative estimate of drug-likeness (QED) is 0.573. The molecule has 8 nitrogen and oxygen atoms in total. The number of hydrogen-bond donors (Lipinski definition) is 1. The fourth-order valence-corrected chi connectivity index (χ4v) is 5.83. The number of carbonyl (C=O) groups is 1. The first kappa shape index (κ1) is 22.9. The monoisotopic (exact) mass is 482 g/mol. The van der Waals surface area contributed by atoms with Gasteiger partial charge in [-0.15, -0.1) is 11.3 Å². The molecular weight excluding hydrogens is 460 g/mol. The van der Waals surface area contributed by atoms with Gasteiger partial charge in [-0.3, -0.25) is 4.79 Å². The number of nitrogens with zero attached hydrogens (tertiary/aromatic N) is 3. The Balaban J connectivity index is 1.35. The number of benzene rings is 2. The Labute approximate surface area is 196 Å². The van der Waals surface area contributed by atoms with Gasteiger partial charge < -0.3 is 10.1 Å². The number of ether oxygens (including phenoxy) is 1. The van der Waals surface area contributed by atoms with Crippen LogP contribution in [0.1, 0.15) is 18.4 Å². The average Bonchev–Trinajstić information content (AvgIpc) is 3.32. The Bertz CT molecular complexity index is 1270. The third-order valence-electron chi connectivity index (χ3n) is 5.57. The molecule has 0 saturated carbocycles. The van der Waals surface area contributed by atoms with Gasteiger partial charge in [0.1, 0.15) is 5.75 Å². The molecule has 10 heteroatoms. The van der Waals surface area contributed by atoms with Crippen LogP contribution in [-0.2, 0) is 14.8 Å². The Hall–Kier alpha value is -3.26. The normalized spacial score (nSPS) is 15.0.